The zero-order chi connectivity index (χ0) is 22.2. The van der Waals surface area contributed by atoms with Crippen LogP contribution in [0.1, 0.15) is 45.6 Å². The predicted molar refractivity (Wildman–Crippen MR) is 122 cm³/mol. The summed E-state index contributed by atoms with van der Waals surface area (Å²) in [6.45, 7) is 10.1. The Labute approximate surface area is 184 Å². The minimum atomic E-state index is -0.256. The normalized spacial score (nSPS) is 14.4. The Hall–Kier alpha value is -3.03. The summed E-state index contributed by atoms with van der Waals surface area (Å²) in [5.74, 6) is 1.21. The summed E-state index contributed by atoms with van der Waals surface area (Å²) in [6, 6.07) is 8.03. The van der Waals surface area contributed by atoms with Crippen molar-refractivity contribution in [2.45, 2.75) is 59.2 Å². The number of ether oxygens (including phenoxy) is 2. The average molecular weight is 428 g/mol. The molecule has 1 amide bonds. The number of likely N-dealkylation sites (tertiary alicyclic amines) is 1. The predicted octanol–water partition coefficient (Wildman–Crippen LogP) is 4.74. The maximum atomic E-state index is 12.0. The van der Waals surface area contributed by atoms with Crippen LogP contribution in [0.4, 0.5) is 22.0 Å². The molecule has 0 aliphatic carbocycles. The molecule has 1 aliphatic heterocycles. The molecule has 2 heterocycles. The lowest BCUT2D eigenvalue weighted by Crippen LogP contribution is -2.42. The van der Waals surface area contributed by atoms with Gasteiger partial charge in [-0.1, -0.05) is 6.92 Å². The van der Waals surface area contributed by atoms with Crippen molar-refractivity contribution >= 4 is 23.3 Å². The molecule has 1 aromatic heterocycles. The molecule has 1 aromatic carbocycles. The molecule has 1 saturated heterocycles. The first kappa shape index (κ1) is 22.7. The first-order chi connectivity index (χ1) is 14.9. The van der Waals surface area contributed by atoms with Crippen LogP contribution in [0.5, 0.6) is 5.88 Å². The molecule has 2 N–H and O–H groups in total. The van der Waals surface area contributed by atoms with Crippen LogP contribution >= 0.6 is 0 Å². The van der Waals surface area contributed by atoms with E-state index in [1.165, 1.54) is 6.33 Å². The van der Waals surface area contributed by atoms with Crippen LogP contribution in [0.25, 0.3) is 0 Å². The average Bonchev–Trinajstić information content (AvgIpc) is 2.74. The third-order valence-corrected chi connectivity index (χ3v) is 5.03. The van der Waals surface area contributed by atoms with Gasteiger partial charge in [0.2, 0.25) is 5.88 Å². The van der Waals surface area contributed by atoms with E-state index in [0.717, 1.165) is 42.7 Å². The third-order valence-electron chi connectivity index (χ3n) is 5.03. The number of aryl methyl sites for hydroxylation is 1. The summed E-state index contributed by atoms with van der Waals surface area (Å²) < 4.78 is 11.3. The van der Waals surface area contributed by atoms with E-state index in [0.29, 0.717) is 24.8 Å². The molecule has 3 rings (SSSR count). The number of carbonyl (C=O) groups excluding carboxylic acids is 1. The molecular weight excluding hydrogens is 394 g/mol. The van der Waals surface area contributed by atoms with Crippen molar-refractivity contribution in [3.8, 4) is 5.88 Å². The van der Waals surface area contributed by atoms with E-state index in [1.807, 2.05) is 26.0 Å². The highest BCUT2D eigenvalue weighted by atomic mass is 16.6. The Bertz CT molecular complexity index is 866. The number of nitrogens with one attached hydrogen (secondary N) is 2. The fourth-order valence-corrected chi connectivity index (χ4v) is 3.40. The first-order valence-electron chi connectivity index (χ1n) is 11.0. The second-order valence-corrected chi connectivity index (χ2v) is 8.06. The third kappa shape index (κ3) is 6.73. The van der Waals surface area contributed by atoms with Crippen molar-refractivity contribution in [3.63, 3.8) is 0 Å². The van der Waals surface area contributed by atoms with Gasteiger partial charge in [-0.2, -0.15) is 0 Å². The summed E-state index contributed by atoms with van der Waals surface area (Å²) in [7, 11) is 0. The topological polar surface area (TPSA) is 88.6 Å². The molecule has 0 atom stereocenters. The van der Waals surface area contributed by atoms with Crippen LogP contribution in [-0.2, 0) is 4.74 Å². The van der Waals surface area contributed by atoms with Crippen LogP contribution in [-0.4, -0.2) is 52.8 Å². The Morgan fingerprint density at radius 1 is 1.23 bits per heavy atom. The van der Waals surface area contributed by atoms with Gasteiger partial charge >= 0.3 is 6.09 Å². The van der Waals surface area contributed by atoms with Crippen molar-refractivity contribution in [1.82, 2.24) is 14.9 Å². The SMILES string of the molecule is CCCNc1ccc(Nc2cc(OC3CCN(C(=O)OC(C)C)CC3)ncn2)c(C)c1. The van der Waals surface area contributed by atoms with E-state index >= 15 is 0 Å². The molecular formula is C23H33N5O3. The molecule has 1 aliphatic rings. The number of anilines is 3. The van der Waals surface area contributed by atoms with Crippen LogP contribution < -0.4 is 15.4 Å². The Morgan fingerprint density at radius 2 is 2.00 bits per heavy atom. The van der Waals surface area contributed by atoms with Gasteiger partial charge in [0.05, 0.1) is 6.10 Å². The molecule has 0 spiro atoms. The summed E-state index contributed by atoms with van der Waals surface area (Å²) >= 11 is 0. The number of benzene rings is 1. The quantitative estimate of drug-likeness (QED) is 0.629. The standard InChI is InChI=1S/C23H33N5O3/c1-5-10-24-18-6-7-20(17(4)13-18)27-21-14-22(26-15-25-21)31-19-8-11-28(12-9-19)23(29)30-16(2)3/h6-7,13-16,19,24H,5,8-12H2,1-4H3,(H,25,26,27). The van der Waals surface area contributed by atoms with Crippen LogP contribution in [0, 0.1) is 6.92 Å². The number of aromatic nitrogens is 2. The fourth-order valence-electron chi connectivity index (χ4n) is 3.40. The van der Waals surface area contributed by atoms with Crippen molar-refractivity contribution < 1.29 is 14.3 Å². The lowest BCUT2D eigenvalue weighted by atomic mass is 10.1. The summed E-state index contributed by atoms with van der Waals surface area (Å²) in [5.41, 5.74) is 3.23. The van der Waals surface area contributed by atoms with Gasteiger partial charge in [-0.25, -0.2) is 14.8 Å². The first-order valence-corrected chi connectivity index (χ1v) is 11.0. The largest absolute Gasteiger partial charge is 0.474 e. The van der Waals surface area contributed by atoms with E-state index in [2.05, 4.69) is 46.6 Å². The highest BCUT2D eigenvalue weighted by molar-refractivity contribution is 5.68. The van der Waals surface area contributed by atoms with Crippen molar-refractivity contribution in [1.29, 1.82) is 0 Å². The van der Waals surface area contributed by atoms with Gasteiger partial charge in [0.1, 0.15) is 18.2 Å². The molecule has 31 heavy (non-hydrogen) atoms. The minimum Gasteiger partial charge on any atom is -0.474 e. The van der Waals surface area contributed by atoms with Gasteiger partial charge in [-0.3, -0.25) is 0 Å². The minimum absolute atomic E-state index is 0.0107. The van der Waals surface area contributed by atoms with E-state index in [-0.39, 0.29) is 18.3 Å². The van der Waals surface area contributed by atoms with Gasteiger partial charge in [-0.15, -0.1) is 0 Å². The van der Waals surface area contributed by atoms with Crippen molar-refractivity contribution in [3.05, 3.63) is 36.2 Å². The second-order valence-electron chi connectivity index (χ2n) is 8.06. The molecule has 8 heteroatoms. The van der Waals surface area contributed by atoms with E-state index in [4.69, 9.17) is 9.47 Å². The number of hydrogen-bond acceptors (Lipinski definition) is 7. The Morgan fingerprint density at radius 3 is 2.68 bits per heavy atom. The number of nitrogens with zero attached hydrogens (tertiary/aromatic N) is 3. The van der Waals surface area contributed by atoms with E-state index in [1.54, 1.807) is 4.90 Å². The Balaban J connectivity index is 1.55. The smallest absolute Gasteiger partial charge is 0.410 e. The van der Waals surface area contributed by atoms with Crippen LogP contribution in [0.3, 0.4) is 0 Å². The number of carbonyl (C=O) groups is 1. The number of amides is 1. The van der Waals surface area contributed by atoms with E-state index in [9.17, 15) is 4.79 Å². The summed E-state index contributed by atoms with van der Waals surface area (Å²) in [4.78, 5) is 22.3. The van der Waals surface area contributed by atoms with Gasteiger partial charge < -0.3 is 25.0 Å². The van der Waals surface area contributed by atoms with Gasteiger partial charge in [0.15, 0.2) is 0 Å². The van der Waals surface area contributed by atoms with Crippen LogP contribution in [0.15, 0.2) is 30.6 Å². The maximum Gasteiger partial charge on any atom is 0.410 e. The van der Waals surface area contributed by atoms with Crippen LogP contribution in [0.2, 0.25) is 0 Å². The lowest BCUT2D eigenvalue weighted by molar-refractivity contribution is 0.0507. The zero-order valence-electron chi connectivity index (χ0n) is 18.9. The van der Waals surface area contributed by atoms with Crippen molar-refractivity contribution in [2.75, 3.05) is 30.3 Å². The fraction of sp³-hybridized carbons (Fsp3) is 0.522. The molecule has 0 bridgehead atoms. The lowest BCUT2D eigenvalue weighted by Gasteiger charge is -2.31. The molecule has 8 nitrogen and oxygen atoms in total. The summed E-state index contributed by atoms with van der Waals surface area (Å²) in [6.07, 6.45) is 3.71. The second kappa shape index (κ2) is 10.8. The molecule has 2 aromatic rings. The zero-order valence-corrected chi connectivity index (χ0v) is 18.9. The molecule has 1 fully saturated rings. The molecule has 0 unspecified atom stereocenters. The Kier molecular flexibility index (Phi) is 7.92. The summed E-state index contributed by atoms with van der Waals surface area (Å²) in [5, 5.41) is 6.74. The van der Waals surface area contributed by atoms with Gasteiger partial charge in [0, 0.05) is 49.9 Å². The number of rotatable bonds is 8. The molecule has 0 radical (unpaired) electrons. The number of piperidine rings is 1. The highest BCUT2D eigenvalue weighted by Gasteiger charge is 2.25. The van der Waals surface area contributed by atoms with Gasteiger partial charge in [-0.05, 0) is 51.0 Å². The van der Waals surface area contributed by atoms with Gasteiger partial charge in [0.25, 0.3) is 0 Å². The molecule has 168 valence electrons. The molecule has 0 saturated carbocycles. The monoisotopic (exact) mass is 427 g/mol. The van der Waals surface area contributed by atoms with Crippen molar-refractivity contribution in [2.24, 2.45) is 0 Å². The number of hydrogen-bond donors (Lipinski definition) is 2. The maximum absolute atomic E-state index is 12.0. The van der Waals surface area contributed by atoms with E-state index < -0.39 is 0 Å². The highest BCUT2D eigenvalue weighted by Crippen LogP contribution is 2.25.